The average molecular weight is 444 g/mol. The van der Waals surface area contributed by atoms with Crippen LogP contribution in [0.4, 0.5) is 0 Å². The first-order chi connectivity index (χ1) is 15.2. The summed E-state index contributed by atoms with van der Waals surface area (Å²) < 4.78 is 4.08. The van der Waals surface area contributed by atoms with E-state index in [1.54, 1.807) is 0 Å². The van der Waals surface area contributed by atoms with Crippen LogP contribution in [0, 0.1) is 0 Å². The Morgan fingerprint density at radius 2 is 1.74 bits per heavy atom. The van der Waals surface area contributed by atoms with Gasteiger partial charge in [0.05, 0.1) is 11.0 Å². The lowest BCUT2D eigenvalue weighted by molar-refractivity contribution is 0.222. The molecule has 31 heavy (non-hydrogen) atoms. The minimum absolute atomic E-state index is 0.157. The number of nitrogens with one attached hydrogen (secondary N) is 1. The Kier molecular flexibility index (Phi) is 7.67. The summed E-state index contributed by atoms with van der Waals surface area (Å²) in [6.07, 6.45) is 8.00. The van der Waals surface area contributed by atoms with E-state index in [9.17, 15) is 4.79 Å². The van der Waals surface area contributed by atoms with Crippen LogP contribution in [-0.4, -0.2) is 63.3 Å². The van der Waals surface area contributed by atoms with E-state index in [1.165, 1.54) is 32.4 Å². The van der Waals surface area contributed by atoms with Gasteiger partial charge in [-0.1, -0.05) is 25.5 Å². The number of nitrogens with zero attached hydrogens (tertiary/aromatic N) is 4. The third kappa shape index (κ3) is 5.14. The fraction of sp³-hybridized carbons (Fsp3) is 0.667. The SMILES string of the molecule is CCCNC(=S)N1CCC(n2c(=O)n(CCCN3CCCCC3)c3ccccc32)CC1. The number of likely N-dealkylation sites (tertiary alicyclic amines) is 2. The number of aromatic nitrogens is 2. The number of hydrogen-bond donors (Lipinski definition) is 1. The Morgan fingerprint density at radius 3 is 2.45 bits per heavy atom. The fourth-order valence-corrected chi connectivity index (χ4v) is 5.39. The van der Waals surface area contributed by atoms with Crippen LogP contribution in [0.25, 0.3) is 11.0 Å². The Labute approximate surface area is 191 Å². The first-order valence-corrected chi connectivity index (χ1v) is 12.5. The summed E-state index contributed by atoms with van der Waals surface area (Å²) in [7, 11) is 0. The molecule has 2 saturated heterocycles. The van der Waals surface area contributed by atoms with Crippen LogP contribution in [-0.2, 0) is 6.54 Å². The van der Waals surface area contributed by atoms with Gasteiger partial charge in [0.1, 0.15) is 0 Å². The van der Waals surface area contributed by atoms with Crippen molar-refractivity contribution >= 4 is 28.4 Å². The second-order valence-electron chi connectivity index (χ2n) is 9.00. The van der Waals surface area contributed by atoms with Gasteiger partial charge in [-0.15, -0.1) is 0 Å². The van der Waals surface area contributed by atoms with Crippen molar-refractivity contribution in [3.05, 3.63) is 34.7 Å². The van der Waals surface area contributed by atoms with Crippen LogP contribution in [0.3, 0.4) is 0 Å². The summed E-state index contributed by atoms with van der Waals surface area (Å²) in [6, 6.07) is 8.55. The largest absolute Gasteiger partial charge is 0.363 e. The maximum Gasteiger partial charge on any atom is 0.329 e. The molecule has 0 radical (unpaired) electrons. The predicted octanol–water partition coefficient (Wildman–Crippen LogP) is 3.60. The maximum atomic E-state index is 13.5. The monoisotopic (exact) mass is 443 g/mol. The van der Waals surface area contributed by atoms with Crippen molar-refractivity contribution in [3.8, 4) is 0 Å². The lowest BCUT2D eigenvalue weighted by Crippen LogP contribution is -2.45. The Balaban J connectivity index is 1.45. The highest BCUT2D eigenvalue weighted by Crippen LogP contribution is 2.26. The molecule has 0 saturated carbocycles. The number of fused-ring (bicyclic) bond motifs is 1. The highest BCUT2D eigenvalue weighted by atomic mass is 32.1. The van der Waals surface area contributed by atoms with Crippen molar-refractivity contribution < 1.29 is 0 Å². The second-order valence-corrected chi connectivity index (χ2v) is 9.39. The molecule has 2 fully saturated rings. The minimum Gasteiger partial charge on any atom is -0.363 e. The van der Waals surface area contributed by atoms with Gasteiger partial charge >= 0.3 is 5.69 Å². The quantitative estimate of drug-likeness (QED) is 0.663. The van der Waals surface area contributed by atoms with Crippen LogP contribution in [0.15, 0.2) is 29.1 Å². The van der Waals surface area contributed by atoms with E-state index < -0.39 is 0 Å². The smallest absolute Gasteiger partial charge is 0.329 e. The third-order valence-corrected chi connectivity index (χ3v) is 7.22. The van der Waals surface area contributed by atoms with Crippen LogP contribution >= 0.6 is 12.2 Å². The number of piperidine rings is 2. The number of benzene rings is 1. The Hall–Kier alpha value is -1.86. The summed E-state index contributed by atoms with van der Waals surface area (Å²) in [5.74, 6) is 0. The summed E-state index contributed by atoms with van der Waals surface area (Å²) in [4.78, 5) is 18.3. The standard InChI is InChI=1S/C24H37N5OS/c1-2-13-25-23(31)27-18-11-20(12-19-27)29-22-10-5-4-9-21(22)28(24(29)30)17-8-16-26-14-6-3-7-15-26/h4-5,9-10,20H,2-3,6-8,11-19H2,1H3,(H,25,31). The normalized spacial score (nSPS) is 18.5. The Morgan fingerprint density at radius 1 is 1.03 bits per heavy atom. The summed E-state index contributed by atoms with van der Waals surface area (Å²) in [6.45, 7) is 9.19. The molecular formula is C24H37N5OS. The van der Waals surface area contributed by atoms with Crippen LogP contribution < -0.4 is 11.0 Å². The zero-order valence-electron chi connectivity index (χ0n) is 18.9. The Bertz CT molecular complexity index is 922. The zero-order valence-corrected chi connectivity index (χ0v) is 19.7. The molecule has 6 nitrogen and oxygen atoms in total. The van der Waals surface area contributed by atoms with E-state index in [4.69, 9.17) is 12.2 Å². The van der Waals surface area contributed by atoms with Crippen molar-refractivity contribution in [1.82, 2.24) is 24.3 Å². The lowest BCUT2D eigenvalue weighted by Gasteiger charge is -2.34. The van der Waals surface area contributed by atoms with E-state index in [2.05, 4.69) is 44.8 Å². The number of hydrogen-bond acceptors (Lipinski definition) is 3. The average Bonchev–Trinajstić information content (AvgIpc) is 3.09. The van der Waals surface area contributed by atoms with Gasteiger partial charge in [0.15, 0.2) is 5.11 Å². The van der Waals surface area contributed by atoms with Crippen molar-refractivity contribution in [3.63, 3.8) is 0 Å². The van der Waals surface area contributed by atoms with E-state index in [-0.39, 0.29) is 11.7 Å². The maximum absolute atomic E-state index is 13.5. The highest BCUT2D eigenvalue weighted by molar-refractivity contribution is 7.80. The fourth-order valence-electron chi connectivity index (χ4n) is 5.11. The molecule has 0 unspecified atom stereocenters. The van der Waals surface area contributed by atoms with Crippen molar-refractivity contribution in [2.45, 2.75) is 64.5 Å². The van der Waals surface area contributed by atoms with Gasteiger partial charge in [-0.05, 0) is 82.5 Å². The lowest BCUT2D eigenvalue weighted by atomic mass is 10.0. The molecule has 1 aromatic heterocycles. The number of thiocarbonyl (C=S) groups is 1. The van der Waals surface area contributed by atoms with Gasteiger partial charge in [0.2, 0.25) is 0 Å². The van der Waals surface area contributed by atoms with Crippen LogP contribution in [0.5, 0.6) is 0 Å². The predicted molar refractivity (Wildman–Crippen MR) is 132 cm³/mol. The molecule has 0 atom stereocenters. The first kappa shape index (κ1) is 22.3. The molecule has 3 heterocycles. The van der Waals surface area contributed by atoms with Gasteiger partial charge < -0.3 is 15.1 Å². The van der Waals surface area contributed by atoms with Crippen LogP contribution in [0.2, 0.25) is 0 Å². The van der Waals surface area contributed by atoms with Crippen molar-refractivity contribution in [2.24, 2.45) is 0 Å². The van der Waals surface area contributed by atoms with Gasteiger partial charge in [-0.25, -0.2) is 4.79 Å². The number of imidazole rings is 1. The summed E-state index contributed by atoms with van der Waals surface area (Å²) >= 11 is 5.54. The van der Waals surface area contributed by atoms with E-state index >= 15 is 0 Å². The molecule has 1 N–H and O–H groups in total. The first-order valence-electron chi connectivity index (χ1n) is 12.1. The number of rotatable bonds is 7. The van der Waals surface area contributed by atoms with Gasteiger partial charge in [-0.3, -0.25) is 9.13 Å². The summed E-state index contributed by atoms with van der Waals surface area (Å²) in [5.41, 5.74) is 2.31. The van der Waals surface area contributed by atoms with E-state index in [0.29, 0.717) is 0 Å². The molecule has 2 aliphatic rings. The van der Waals surface area contributed by atoms with Crippen molar-refractivity contribution in [2.75, 3.05) is 39.3 Å². The molecule has 0 spiro atoms. The molecule has 1 aromatic carbocycles. The number of para-hydroxylation sites is 2. The molecule has 2 aliphatic heterocycles. The van der Waals surface area contributed by atoms with E-state index in [0.717, 1.165) is 74.6 Å². The summed E-state index contributed by atoms with van der Waals surface area (Å²) in [5, 5.41) is 4.19. The van der Waals surface area contributed by atoms with Gasteiger partial charge in [-0.2, -0.15) is 0 Å². The molecule has 170 valence electrons. The second kappa shape index (κ2) is 10.6. The molecule has 0 bridgehead atoms. The molecule has 2 aromatic rings. The molecule has 0 amide bonds. The highest BCUT2D eigenvalue weighted by Gasteiger charge is 2.26. The zero-order chi connectivity index (χ0) is 21.6. The molecular weight excluding hydrogens is 406 g/mol. The van der Waals surface area contributed by atoms with Crippen molar-refractivity contribution in [1.29, 1.82) is 0 Å². The number of aryl methyl sites for hydroxylation is 1. The third-order valence-electron chi connectivity index (χ3n) is 6.82. The molecule has 7 heteroatoms. The van der Waals surface area contributed by atoms with Gasteiger partial charge in [0, 0.05) is 32.2 Å². The minimum atomic E-state index is 0.157. The van der Waals surface area contributed by atoms with Gasteiger partial charge in [0.25, 0.3) is 0 Å². The topological polar surface area (TPSA) is 45.4 Å². The molecule has 0 aliphatic carbocycles. The van der Waals surface area contributed by atoms with Crippen LogP contribution in [0.1, 0.15) is 57.9 Å². The molecule has 4 rings (SSSR count). The van der Waals surface area contributed by atoms with E-state index in [1.807, 2.05) is 10.6 Å².